The summed E-state index contributed by atoms with van der Waals surface area (Å²) in [6, 6.07) is 17.0. The van der Waals surface area contributed by atoms with Crippen LogP contribution in [0.1, 0.15) is 23.9 Å². The highest BCUT2D eigenvalue weighted by Gasteiger charge is 2.38. The summed E-state index contributed by atoms with van der Waals surface area (Å²) >= 11 is 4.74. The van der Waals surface area contributed by atoms with E-state index >= 15 is 0 Å². The van der Waals surface area contributed by atoms with Gasteiger partial charge in [0.15, 0.2) is 11.9 Å². The topological polar surface area (TPSA) is 99.3 Å². The maximum atomic E-state index is 13.2. The molecular formula is C23H19BrN4O4S2. The Balaban J connectivity index is 1.34. The summed E-state index contributed by atoms with van der Waals surface area (Å²) in [7, 11) is -3.64. The van der Waals surface area contributed by atoms with E-state index in [9.17, 15) is 13.6 Å². The molecule has 0 aliphatic carbocycles. The van der Waals surface area contributed by atoms with Gasteiger partial charge >= 0.3 is 0 Å². The summed E-state index contributed by atoms with van der Waals surface area (Å²) in [5.74, 6) is 1.03. The number of hydrogen-bond donors (Lipinski definition) is 0. The predicted octanol–water partition coefficient (Wildman–Crippen LogP) is 4.92. The molecule has 0 amide bonds. The molecule has 1 aliphatic heterocycles. The first kappa shape index (κ1) is 22.9. The van der Waals surface area contributed by atoms with Gasteiger partial charge in [0.05, 0.1) is 10.9 Å². The minimum absolute atomic E-state index is 0.267. The van der Waals surface area contributed by atoms with E-state index in [4.69, 9.17) is 4.74 Å². The van der Waals surface area contributed by atoms with Crippen LogP contribution in [0.25, 0.3) is 10.6 Å². The third kappa shape index (κ3) is 4.69. The third-order valence-corrected chi connectivity index (χ3v) is 8.96. The molecule has 2 aromatic heterocycles. The maximum absolute atomic E-state index is 13.2. The quantitative estimate of drug-likeness (QED) is 0.246. The van der Waals surface area contributed by atoms with Crippen LogP contribution in [0.3, 0.4) is 0 Å². The van der Waals surface area contributed by atoms with Gasteiger partial charge in [0, 0.05) is 22.6 Å². The van der Waals surface area contributed by atoms with Crippen LogP contribution in [-0.2, 0) is 10.0 Å². The predicted molar refractivity (Wildman–Crippen MR) is 131 cm³/mol. The Labute approximate surface area is 209 Å². The van der Waals surface area contributed by atoms with Crippen molar-refractivity contribution in [3.63, 3.8) is 0 Å². The van der Waals surface area contributed by atoms with Crippen molar-refractivity contribution >= 4 is 37.3 Å². The fraction of sp³-hybridized carbons (Fsp3) is 0.174. The molecule has 0 saturated carbocycles. The number of sulfonamides is 1. The number of pyridine rings is 1. The average molecular weight is 559 g/mol. The number of aromatic nitrogens is 3. The van der Waals surface area contributed by atoms with Crippen LogP contribution in [-0.4, -0.2) is 29.5 Å². The van der Waals surface area contributed by atoms with E-state index < -0.39 is 10.0 Å². The number of ether oxygens (including phenoxy) is 1. The molecule has 1 aliphatic rings. The summed E-state index contributed by atoms with van der Waals surface area (Å²) in [5, 5.41) is 21.4. The number of hydrogen-bond acceptors (Lipinski definition) is 7. The van der Waals surface area contributed by atoms with Crippen molar-refractivity contribution in [3.05, 3.63) is 87.7 Å². The summed E-state index contributed by atoms with van der Waals surface area (Å²) in [5.41, 5.74) is 0.850. The summed E-state index contributed by atoms with van der Waals surface area (Å²) < 4.78 is 35.2. The molecule has 4 aromatic rings. The Bertz CT molecular complexity index is 1410. The van der Waals surface area contributed by atoms with Gasteiger partial charge in [0.25, 0.3) is 0 Å². The second-order valence-electron chi connectivity index (χ2n) is 7.70. The standard InChI is InChI=1S/C23H19BrN4O4S2/c24-17-7-11-20(12-8-17)34(30,31)28-14-2-4-21(28)23-26-25-22(33-23)16-5-9-18(10-6-16)32-19-3-1-13-27(29)15-19/h1,3,5-13,15,21H,2,4,14H2. The molecule has 2 aromatic carbocycles. The molecule has 34 heavy (non-hydrogen) atoms. The van der Waals surface area contributed by atoms with Crippen LogP contribution in [0.15, 0.2) is 82.4 Å². The van der Waals surface area contributed by atoms with Gasteiger partial charge in [-0.15, -0.1) is 10.2 Å². The van der Waals surface area contributed by atoms with Gasteiger partial charge in [-0.3, -0.25) is 0 Å². The number of halogens is 1. The van der Waals surface area contributed by atoms with E-state index in [1.807, 2.05) is 12.1 Å². The Kier molecular flexibility index (Phi) is 6.34. The first-order chi connectivity index (χ1) is 16.4. The van der Waals surface area contributed by atoms with E-state index in [0.29, 0.717) is 39.2 Å². The zero-order valence-electron chi connectivity index (χ0n) is 17.7. The molecule has 0 bridgehead atoms. The fourth-order valence-corrected chi connectivity index (χ4v) is 6.79. The van der Waals surface area contributed by atoms with Gasteiger partial charge in [-0.25, -0.2) is 8.42 Å². The molecule has 0 N–H and O–H groups in total. The molecule has 0 spiro atoms. The Morgan fingerprint density at radius 3 is 2.56 bits per heavy atom. The van der Waals surface area contributed by atoms with E-state index in [2.05, 4.69) is 26.1 Å². The highest BCUT2D eigenvalue weighted by atomic mass is 79.9. The molecule has 11 heteroatoms. The van der Waals surface area contributed by atoms with Crippen molar-refractivity contribution < 1.29 is 17.9 Å². The van der Waals surface area contributed by atoms with Crippen molar-refractivity contribution in [1.82, 2.24) is 14.5 Å². The van der Waals surface area contributed by atoms with E-state index in [1.165, 1.54) is 28.0 Å². The largest absolute Gasteiger partial charge is 0.619 e. The molecular weight excluding hydrogens is 540 g/mol. The Hall–Kier alpha value is -2.86. The minimum Gasteiger partial charge on any atom is -0.619 e. The summed E-state index contributed by atoms with van der Waals surface area (Å²) in [6.07, 6.45) is 4.21. The fourth-order valence-electron chi connectivity index (χ4n) is 3.80. The molecule has 1 unspecified atom stereocenters. The molecule has 0 radical (unpaired) electrons. The van der Waals surface area contributed by atoms with Gasteiger partial charge in [0.1, 0.15) is 15.8 Å². The SMILES string of the molecule is O=S(=O)(c1ccc(Br)cc1)N1CCCC1c1nnc(-c2ccc(Oc3ccc[n+]([O-])c3)cc2)s1. The van der Waals surface area contributed by atoms with E-state index in [1.54, 1.807) is 48.5 Å². The van der Waals surface area contributed by atoms with Crippen molar-refractivity contribution in [2.75, 3.05) is 6.54 Å². The molecule has 1 atom stereocenters. The Morgan fingerprint density at radius 1 is 1.06 bits per heavy atom. The highest BCUT2D eigenvalue weighted by Crippen LogP contribution is 2.39. The van der Waals surface area contributed by atoms with Crippen LogP contribution in [0.5, 0.6) is 11.5 Å². The van der Waals surface area contributed by atoms with Gasteiger partial charge in [-0.05, 0) is 67.4 Å². The molecule has 1 fully saturated rings. The zero-order chi connectivity index (χ0) is 23.7. The third-order valence-electron chi connectivity index (χ3n) is 5.43. The van der Waals surface area contributed by atoms with Gasteiger partial charge in [0.2, 0.25) is 16.2 Å². The molecule has 3 heterocycles. The zero-order valence-corrected chi connectivity index (χ0v) is 21.0. The highest BCUT2D eigenvalue weighted by molar-refractivity contribution is 9.10. The molecule has 1 saturated heterocycles. The van der Waals surface area contributed by atoms with Crippen molar-refractivity contribution in [1.29, 1.82) is 0 Å². The number of rotatable bonds is 6. The maximum Gasteiger partial charge on any atom is 0.243 e. The lowest BCUT2D eigenvalue weighted by Crippen LogP contribution is -2.30. The number of nitrogens with zero attached hydrogens (tertiary/aromatic N) is 4. The summed E-state index contributed by atoms with van der Waals surface area (Å²) in [6.45, 7) is 0.451. The molecule has 8 nitrogen and oxygen atoms in total. The smallest absolute Gasteiger partial charge is 0.243 e. The van der Waals surface area contributed by atoms with Gasteiger partial charge in [-0.1, -0.05) is 27.3 Å². The normalized spacial score (nSPS) is 16.6. The molecule has 174 valence electrons. The van der Waals surface area contributed by atoms with Crippen LogP contribution >= 0.6 is 27.3 Å². The first-order valence-electron chi connectivity index (χ1n) is 10.5. The monoisotopic (exact) mass is 558 g/mol. The van der Waals surface area contributed by atoms with Crippen LogP contribution < -0.4 is 9.47 Å². The van der Waals surface area contributed by atoms with E-state index in [0.717, 1.165) is 16.5 Å². The molecule has 5 rings (SSSR count). The lowest BCUT2D eigenvalue weighted by Gasteiger charge is -2.22. The number of benzene rings is 2. The summed E-state index contributed by atoms with van der Waals surface area (Å²) in [4.78, 5) is 0.267. The van der Waals surface area contributed by atoms with Crippen LogP contribution in [0.2, 0.25) is 0 Å². The second kappa shape index (κ2) is 9.41. The van der Waals surface area contributed by atoms with Crippen LogP contribution in [0.4, 0.5) is 0 Å². The first-order valence-corrected chi connectivity index (χ1v) is 13.5. The second-order valence-corrected chi connectivity index (χ2v) is 11.5. The van der Waals surface area contributed by atoms with Gasteiger partial charge in [-0.2, -0.15) is 9.04 Å². The van der Waals surface area contributed by atoms with Crippen LogP contribution in [0, 0.1) is 5.21 Å². The minimum atomic E-state index is -3.64. The Morgan fingerprint density at radius 2 is 1.82 bits per heavy atom. The van der Waals surface area contributed by atoms with E-state index in [-0.39, 0.29) is 10.9 Å². The lowest BCUT2D eigenvalue weighted by atomic mass is 10.2. The van der Waals surface area contributed by atoms with Gasteiger partial charge < -0.3 is 9.94 Å². The van der Waals surface area contributed by atoms with Crippen molar-refractivity contribution in [3.8, 4) is 22.1 Å². The average Bonchev–Trinajstić information content (AvgIpc) is 3.50. The van der Waals surface area contributed by atoms with Crippen molar-refractivity contribution in [2.45, 2.75) is 23.8 Å². The lowest BCUT2D eigenvalue weighted by molar-refractivity contribution is -0.605. The van der Waals surface area contributed by atoms with Crippen molar-refractivity contribution in [2.24, 2.45) is 0 Å².